The quantitative estimate of drug-likeness (QED) is 0.828. The van der Waals surface area contributed by atoms with Crippen molar-refractivity contribution in [3.05, 3.63) is 34.3 Å². The molecule has 0 radical (unpaired) electrons. The minimum absolute atomic E-state index is 0.0309. The zero-order chi connectivity index (χ0) is 17.1. The third-order valence-corrected chi connectivity index (χ3v) is 6.00. The lowest BCUT2D eigenvalue weighted by Crippen LogP contribution is -2.62. The van der Waals surface area contributed by atoms with Crippen molar-refractivity contribution < 1.29 is 9.59 Å². The summed E-state index contributed by atoms with van der Waals surface area (Å²) < 4.78 is 1.07. The molecule has 0 spiro atoms. The van der Waals surface area contributed by atoms with Gasteiger partial charge in [-0.05, 0) is 44.0 Å². The summed E-state index contributed by atoms with van der Waals surface area (Å²) in [6, 6.07) is 8.50. The van der Waals surface area contributed by atoms with Gasteiger partial charge in [0, 0.05) is 35.9 Å². The summed E-state index contributed by atoms with van der Waals surface area (Å²) in [5.74, 6) is 0.0875. The van der Waals surface area contributed by atoms with E-state index >= 15 is 0 Å². The van der Waals surface area contributed by atoms with Crippen molar-refractivity contribution in [1.82, 2.24) is 9.80 Å². The lowest BCUT2D eigenvalue weighted by molar-refractivity contribution is -0.139. The Morgan fingerprint density at radius 1 is 1.17 bits per heavy atom. The van der Waals surface area contributed by atoms with Gasteiger partial charge in [-0.1, -0.05) is 34.1 Å². The number of hydrogen-bond acceptors (Lipinski definition) is 3. The first-order chi connectivity index (χ1) is 11.5. The molecule has 2 aliphatic heterocycles. The van der Waals surface area contributed by atoms with E-state index in [0.717, 1.165) is 49.9 Å². The lowest BCUT2D eigenvalue weighted by Gasteiger charge is -2.47. The molecule has 0 atom stereocenters. The molecule has 0 bridgehead atoms. The van der Waals surface area contributed by atoms with Crippen LogP contribution in [0.25, 0.3) is 0 Å². The third-order valence-electron chi connectivity index (χ3n) is 5.23. The summed E-state index contributed by atoms with van der Waals surface area (Å²) in [6.45, 7) is 3.46. The first kappa shape index (κ1) is 17.4. The van der Waals surface area contributed by atoms with Gasteiger partial charge in [0.05, 0.1) is 0 Å². The third kappa shape index (κ3) is 3.98. The number of hydrogen-bond donors (Lipinski definition) is 1. The van der Waals surface area contributed by atoms with Gasteiger partial charge in [0.15, 0.2) is 0 Å². The molecule has 2 amide bonds. The summed E-state index contributed by atoms with van der Waals surface area (Å²) in [7, 11) is 0. The number of amides is 2. The molecule has 130 valence electrons. The van der Waals surface area contributed by atoms with Gasteiger partial charge >= 0.3 is 0 Å². The Hall–Kier alpha value is -1.40. The molecule has 2 heterocycles. The second-order valence-electron chi connectivity index (χ2n) is 6.76. The maximum absolute atomic E-state index is 12.3. The predicted octanol–water partition coefficient (Wildman–Crippen LogP) is 1.79. The van der Waals surface area contributed by atoms with E-state index in [4.69, 9.17) is 5.73 Å². The molecule has 0 aliphatic carbocycles. The van der Waals surface area contributed by atoms with E-state index < -0.39 is 0 Å². The van der Waals surface area contributed by atoms with Crippen LogP contribution in [0.1, 0.15) is 24.8 Å². The Kier molecular flexibility index (Phi) is 5.56. The molecular weight excluding hydrogens is 370 g/mol. The Morgan fingerprint density at radius 2 is 1.83 bits per heavy atom. The molecule has 2 N–H and O–H groups in total. The van der Waals surface area contributed by atoms with Crippen LogP contribution < -0.4 is 5.73 Å². The van der Waals surface area contributed by atoms with Crippen LogP contribution in [-0.4, -0.2) is 53.8 Å². The number of nitrogens with zero attached hydrogens (tertiary/aromatic N) is 2. The smallest absolute Gasteiger partial charge is 0.223 e. The normalized spacial score (nSPS) is 20.0. The minimum Gasteiger partial charge on any atom is -0.369 e. The maximum atomic E-state index is 12.3. The van der Waals surface area contributed by atoms with Gasteiger partial charge < -0.3 is 10.6 Å². The first-order valence-electron chi connectivity index (χ1n) is 8.59. The zero-order valence-electron chi connectivity index (χ0n) is 13.8. The van der Waals surface area contributed by atoms with E-state index in [2.05, 4.69) is 26.9 Å². The van der Waals surface area contributed by atoms with E-state index in [1.54, 1.807) is 0 Å². The van der Waals surface area contributed by atoms with Crippen LogP contribution in [0.5, 0.6) is 0 Å². The number of carbonyl (C=O) groups is 2. The highest BCUT2D eigenvalue weighted by atomic mass is 79.9. The number of carbonyl (C=O) groups excluding carboxylic acids is 2. The SMILES string of the molecule is NC(=O)C1CCN(C2CN(C(=O)CCc3ccccc3Br)C2)CC1. The largest absolute Gasteiger partial charge is 0.369 e. The Morgan fingerprint density at radius 3 is 2.46 bits per heavy atom. The number of primary amides is 1. The number of likely N-dealkylation sites (tertiary alicyclic amines) is 2. The van der Waals surface area contributed by atoms with E-state index in [9.17, 15) is 9.59 Å². The van der Waals surface area contributed by atoms with Crippen molar-refractivity contribution in [2.24, 2.45) is 11.7 Å². The monoisotopic (exact) mass is 393 g/mol. The van der Waals surface area contributed by atoms with Crippen LogP contribution >= 0.6 is 15.9 Å². The first-order valence-corrected chi connectivity index (χ1v) is 9.38. The fraction of sp³-hybridized carbons (Fsp3) is 0.556. The van der Waals surface area contributed by atoms with Gasteiger partial charge in [-0.2, -0.15) is 0 Å². The van der Waals surface area contributed by atoms with Gasteiger partial charge in [-0.3, -0.25) is 14.5 Å². The van der Waals surface area contributed by atoms with Crippen LogP contribution in [0.4, 0.5) is 0 Å². The van der Waals surface area contributed by atoms with E-state index in [1.165, 1.54) is 5.56 Å². The van der Waals surface area contributed by atoms with Crippen molar-refractivity contribution in [2.75, 3.05) is 26.2 Å². The summed E-state index contributed by atoms with van der Waals surface area (Å²) >= 11 is 3.53. The fourth-order valence-corrected chi connectivity index (χ4v) is 4.02. The topological polar surface area (TPSA) is 66.6 Å². The average molecular weight is 394 g/mol. The second kappa shape index (κ2) is 7.66. The molecule has 0 aromatic heterocycles. The van der Waals surface area contributed by atoms with Crippen molar-refractivity contribution in [2.45, 2.75) is 31.7 Å². The molecule has 1 aromatic carbocycles. The van der Waals surface area contributed by atoms with Gasteiger partial charge in [-0.25, -0.2) is 0 Å². The number of piperidine rings is 1. The highest BCUT2D eigenvalue weighted by molar-refractivity contribution is 9.10. The Labute approximate surface area is 151 Å². The van der Waals surface area contributed by atoms with Crippen LogP contribution in [0.3, 0.4) is 0 Å². The molecule has 0 unspecified atom stereocenters. The summed E-state index contributed by atoms with van der Waals surface area (Å²) in [5, 5.41) is 0. The molecule has 24 heavy (non-hydrogen) atoms. The molecular formula is C18H24BrN3O2. The van der Waals surface area contributed by atoms with Crippen molar-refractivity contribution in [1.29, 1.82) is 0 Å². The van der Waals surface area contributed by atoms with Gasteiger partial charge in [0.25, 0.3) is 0 Å². The average Bonchev–Trinajstić information content (AvgIpc) is 2.53. The van der Waals surface area contributed by atoms with Gasteiger partial charge in [-0.15, -0.1) is 0 Å². The molecule has 2 aliphatic rings. The molecule has 6 heteroatoms. The number of nitrogens with two attached hydrogens (primary N) is 1. The molecule has 5 nitrogen and oxygen atoms in total. The molecule has 1 aromatic rings. The molecule has 3 rings (SSSR count). The highest BCUT2D eigenvalue weighted by Gasteiger charge is 2.36. The predicted molar refractivity (Wildman–Crippen MR) is 96.3 cm³/mol. The Balaban J connectivity index is 1.39. The van der Waals surface area contributed by atoms with E-state index in [0.29, 0.717) is 12.5 Å². The second-order valence-corrected chi connectivity index (χ2v) is 7.61. The minimum atomic E-state index is -0.174. The van der Waals surface area contributed by atoms with E-state index in [-0.39, 0.29) is 17.7 Å². The summed E-state index contributed by atoms with van der Waals surface area (Å²) in [4.78, 5) is 27.9. The van der Waals surface area contributed by atoms with Gasteiger partial charge in [0.1, 0.15) is 0 Å². The van der Waals surface area contributed by atoms with Crippen LogP contribution in [0, 0.1) is 5.92 Å². The van der Waals surface area contributed by atoms with Crippen LogP contribution in [0.15, 0.2) is 28.7 Å². The van der Waals surface area contributed by atoms with Crippen LogP contribution in [-0.2, 0) is 16.0 Å². The maximum Gasteiger partial charge on any atom is 0.223 e. The number of aryl methyl sites for hydroxylation is 1. The number of rotatable bonds is 5. The number of halogens is 1. The molecule has 2 fully saturated rings. The van der Waals surface area contributed by atoms with Crippen molar-refractivity contribution in [3.63, 3.8) is 0 Å². The van der Waals surface area contributed by atoms with Gasteiger partial charge in [0.2, 0.25) is 11.8 Å². The van der Waals surface area contributed by atoms with Crippen molar-refractivity contribution in [3.8, 4) is 0 Å². The summed E-state index contributed by atoms with van der Waals surface area (Å²) in [5.41, 5.74) is 6.55. The summed E-state index contributed by atoms with van der Waals surface area (Å²) in [6.07, 6.45) is 3.02. The van der Waals surface area contributed by atoms with E-state index in [1.807, 2.05) is 23.1 Å². The Bertz CT molecular complexity index is 608. The lowest BCUT2D eigenvalue weighted by atomic mass is 9.93. The highest BCUT2D eigenvalue weighted by Crippen LogP contribution is 2.24. The van der Waals surface area contributed by atoms with Crippen molar-refractivity contribution >= 4 is 27.7 Å². The number of benzene rings is 1. The standard InChI is InChI=1S/C18H24BrN3O2/c19-16-4-2-1-3-13(16)5-6-17(23)22-11-15(12-22)21-9-7-14(8-10-21)18(20)24/h1-4,14-15H,5-12H2,(H2,20,24). The zero-order valence-corrected chi connectivity index (χ0v) is 15.4. The molecule has 2 saturated heterocycles. The fourth-order valence-electron chi connectivity index (χ4n) is 3.54. The van der Waals surface area contributed by atoms with Crippen LogP contribution in [0.2, 0.25) is 0 Å². The molecule has 0 saturated carbocycles.